The van der Waals surface area contributed by atoms with Gasteiger partial charge in [0.05, 0.1) is 0 Å². The summed E-state index contributed by atoms with van der Waals surface area (Å²) in [5, 5.41) is 8.54. The molecule has 84 valence electrons. The fraction of sp³-hybridized carbons (Fsp3) is 0.500. The number of rotatable bonds is 2. The minimum absolute atomic E-state index is 0.568. The lowest BCUT2D eigenvalue weighted by molar-refractivity contribution is 0.658. The Hall–Kier alpha value is -1.42. The Labute approximate surface area is 94.5 Å². The molecule has 2 aromatic rings. The Balaban J connectivity index is 2.09. The highest BCUT2D eigenvalue weighted by atomic mass is 15.2. The maximum absolute atomic E-state index is 5.66. The van der Waals surface area contributed by atoms with Crippen molar-refractivity contribution in [3.8, 4) is 0 Å². The first-order valence-corrected chi connectivity index (χ1v) is 5.92. The molecule has 3 rings (SSSR count). The molecular formula is C12H16N4. The number of nitrogens with two attached hydrogens (primary N) is 1. The van der Waals surface area contributed by atoms with Gasteiger partial charge in [0, 0.05) is 18.7 Å². The van der Waals surface area contributed by atoms with Gasteiger partial charge >= 0.3 is 0 Å². The van der Waals surface area contributed by atoms with Crippen LogP contribution in [-0.2, 0) is 6.54 Å². The standard InChI is InChI=1S/C12H16N4/c13-7-9-5-6-11-14-15-12(16(11)8-9)10-3-1-2-4-10/h5-6,8,10H,1-4,7,13H2. The van der Waals surface area contributed by atoms with Crippen molar-refractivity contribution in [2.75, 3.05) is 0 Å². The lowest BCUT2D eigenvalue weighted by Crippen LogP contribution is -2.03. The van der Waals surface area contributed by atoms with Crippen LogP contribution in [0.3, 0.4) is 0 Å². The fourth-order valence-electron chi connectivity index (χ4n) is 2.54. The molecule has 4 heteroatoms. The summed E-state index contributed by atoms with van der Waals surface area (Å²) in [6.07, 6.45) is 7.19. The van der Waals surface area contributed by atoms with Crippen LogP contribution in [0.4, 0.5) is 0 Å². The molecule has 0 unspecified atom stereocenters. The summed E-state index contributed by atoms with van der Waals surface area (Å²) in [5.41, 5.74) is 7.72. The van der Waals surface area contributed by atoms with E-state index in [2.05, 4.69) is 20.8 Å². The van der Waals surface area contributed by atoms with E-state index in [1.54, 1.807) is 0 Å². The third kappa shape index (κ3) is 1.50. The molecule has 0 atom stereocenters. The molecule has 1 fully saturated rings. The van der Waals surface area contributed by atoms with Gasteiger partial charge in [-0.3, -0.25) is 4.40 Å². The monoisotopic (exact) mass is 216 g/mol. The van der Waals surface area contributed by atoms with E-state index in [9.17, 15) is 0 Å². The Morgan fingerprint density at radius 2 is 2.06 bits per heavy atom. The predicted octanol–water partition coefficient (Wildman–Crippen LogP) is 1.85. The van der Waals surface area contributed by atoms with Crippen LogP contribution < -0.4 is 5.73 Å². The van der Waals surface area contributed by atoms with Crippen molar-refractivity contribution in [1.82, 2.24) is 14.6 Å². The van der Waals surface area contributed by atoms with Gasteiger partial charge in [-0.1, -0.05) is 18.9 Å². The number of fused-ring (bicyclic) bond motifs is 1. The highest BCUT2D eigenvalue weighted by molar-refractivity contribution is 5.40. The molecule has 0 radical (unpaired) electrons. The largest absolute Gasteiger partial charge is 0.326 e. The summed E-state index contributed by atoms with van der Waals surface area (Å²) in [6.45, 7) is 0.568. The highest BCUT2D eigenvalue weighted by Crippen LogP contribution is 2.33. The third-order valence-corrected chi connectivity index (χ3v) is 3.45. The first-order chi connectivity index (χ1) is 7.88. The summed E-state index contributed by atoms with van der Waals surface area (Å²) in [7, 11) is 0. The SMILES string of the molecule is NCc1ccc2nnc(C3CCCC3)n2c1. The lowest BCUT2D eigenvalue weighted by atomic mass is 10.1. The van der Waals surface area contributed by atoms with Crippen LogP contribution in [0.15, 0.2) is 18.3 Å². The maximum atomic E-state index is 5.66. The van der Waals surface area contributed by atoms with Crippen LogP contribution in [0.5, 0.6) is 0 Å². The van der Waals surface area contributed by atoms with Gasteiger partial charge in [-0.25, -0.2) is 0 Å². The van der Waals surface area contributed by atoms with Crippen molar-refractivity contribution >= 4 is 5.65 Å². The zero-order valence-corrected chi connectivity index (χ0v) is 9.26. The van der Waals surface area contributed by atoms with Gasteiger partial charge in [0.15, 0.2) is 5.65 Å². The number of aromatic nitrogens is 3. The second kappa shape index (κ2) is 3.87. The van der Waals surface area contributed by atoms with E-state index in [4.69, 9.17) is 5.73 Å². The number of nitrogens with zero attached hydrogens (tertiary/aromatic N) is 3. The minimum Gasteiger partial charge on any atom is -0.326 e. The maximum Gasteiger partial charge on any atom is 0.160 e. The predicted molar refractivity (Wildman–Crippen MR) is 62.1 cm³/mol. The van der Waals surface area contributed by atoms with Crippen molar-refractivity contribution in [1.29, 1.82) is 0 Å². The summed E-state index contributed by atoms with van der Waals surface area (Å²) in [4.78, 5) is 0. The van der Waals surface area contributed by atoms with E-state index in [-0.39, 0.29) is 0 Å². The van der Waals surface area contributed by atoms with Crippen LogP contribution in [0, 0.1) is 0 Å². The molecule has 2 aromatic heterocycles. The van der Waals surface area contributed by atoms with Crippen molar-refractivity contribution in [2.45, 2.75) is 38.1 Å². The Morgan fingerprint density at radius 1 is 1.25 bits per heavy atom. The molecule has 0 spiro atoms. The first kappa shape index (κ1) is 9.78. The topological polar surface area (TPSA) is 56.2 Å². The fourth-order valence-corrected chi connectivity index (χ4v) is 2.54. The first-order valence-electron chi connectivity index (χ1n) is 5.92. The van der Waals surface area contributed by atoms with Crippen LogP contribution >= 0.6 is 0 Å². The van der Waals surface area contributed by atoms with Crippen LogP contribution in [0.1, 0.15) is 43.0 Å². The molecule has 1 aliphatic carbocycles. The van der Waals surface area contributed by atoms with Gasteiger partial charge in [-0.15, -0.1) is 10.2 Å². The van der Waals surface area contributed by atoms with E-state index in [0.29, 0.717) is 12.5 Å². The van der Waals surface area contributed by atoms with Gasteiger partial charge in [-0.05, 0) is 24.5 Å². The molecule has 0 bridgehead atoms. The molecule has 16 heavy (non-hydrogen) atoms. The second-order valence-electron chi connectivity index (χ2n) is 4.51. The van der Waals surface area contributed by atoms with Crippen LogP contribution in [0.25, 0.3) is 5.65 Å². The highest BCUT2D eigenvalue weighted by Gasteiger charge is 2.21. The molecule has 1 aliphatic rings. The third-order valence-electron chi connectivity index (χ3n) is 3.45. The Morgan fingerprint density at radius 3 is 2.81 bits per heavy atom. The molecule has 4 nitrogen and oxygen atoms in total. The zero-order chi connectivity index (χ0) is 11.0. The van der Waals surface area contributed by atoms with E-state index >= 15 is 0 Å². The van der Waals surface area contributed by atoms with Crippen molar-refractivity contribution in [3.05, 3.63) is 29.7 Å². The zero-order valence-electron chi connectivity index (χ0n) is 9.26. The summed E-state index contributed by atoms with van der Waals surface area (Å²) < 4.78 is 2.11. The summed E-state index contributed by atoms with van der Waals surface area (Å²) in [6, 6.07) is 4.01. The smallest absolute Gasteiger partial charge is 0.160 e. The Bertz CT molecular complexity index is 497. The van der Waals surface area contributed by atoms with E-state index < -0.39 is 0 Å². The normalized spacial score (nSPS) is 17.3. The molecule has 0 aliphatic heterocycles. The molecule has 2 N–H and O–H groups in total. The van der Waals surface area contributed by atoms with E-state index in [1.807, 2.05) is 12.1 Å². The van der Waals surface area contributed by atoms with E-state index in [0.717, 1.165) is 17.0 Å². The van der Waals surface area contributed by atoms with Gasteiger partial charge in [0.2, 0.25) is 0 Å². The average Bonchev–Trinajstić information content (AvgIpc) is 2.96. The summed E-state index contributed by atoms with van der Waals surface area (Å²) in [5.74, 6) is 1.70. The van der Waals surface area contributed by atoms with Crippen LogP contribution in [-0.4, -0.2) is 14.6 Å². The summed E-state index contributed by atoms with van der Waals surface area (Å²) >= 11 is 0. The molecular weight excluding hydrogens is 200 g/mol. The average molecular weight is 216 g/mol. The number of pyridine rings is 1. The van der Waals surface area contributed by atoms with E-state index in [1.165, 1.54) is 25.7 Å². The molecule has 0 amide bonds. The second-order valence-corrected chi connectivity index (χ2v) is 4.51. The van der Waals surface area contributed by atoms with Gasteiger partial charge in [0.1, 0.15) is 5.82 Å². The van der Waals surface area contributed by atoms with Gasteiger partial charge in [0.25, 0.3) is 0 Å². The van der Waals surface area contributed by atoms with Gasteiger partial charge < -0.3 is 5.73 Å². The van der Waals surface area contributed by atoms with Crippen LogP contribution in [0.2, 0.25) is 0 Å². The Kier molecular flexibility index (Phi) is 2.36. The van der Waals surface area contributed by atoms with Gasteiger partial charge in [-0.2, -0.15) is 0 Å². The lowest BCUT2D eigenvalue weighted by Gasteiger charge is -2.07. The molecule has 2 heterocycles. The minimum atomic E-state index is 0.568. The quantitative estimate of drug-likeness (QED) is 0.833. The number of hydrogen-bond donors (Lipinski definition) is 1. The molecule has 0 saturated heterocycles. The molecule has 1 saturated carbocycles. The van der Waals surface area contributed by atoms with Crippen molar-refractivity contribution in [2.24, 2.45) is 5.73 Å². The molecule has 0 aromatic carbocycles. The number of hydrogen-bond acceptors (Lipinski definition) is 3. The van der Waals surface area contributed by atoms with Crippen molar-refractivity contribution < 1.29 is 0 Å². The van der Waals surface area contributed by atoms with Crippen molar-refractivity contribution in [3.63, 3.8) is 0 Å².